The molecule has 31 heavy (non-hydrogen) atoms. The van der Waals surface area contributed by atoms with Crippen LogP contribution in [-0.2, 0) is 11.2 Å². The Morgan fingerprint density at radius 1 is 1.10 bits per heavy atom. The smallest absolute Gasteiger partial charge is 0.286 e. The van der Waals surface area contributed by atoms with E-state index in [2.05, 4.69) is 5.32 Å². The zero-order valence-corrected chi connectivity index (χ0v) is 18.3. The molecule has 4 rings (SSSR count). The van der Waals surface area contributed by atoms with E-state index >= 15 is 0 Å². The molecule has 1 fully saturated rings. The fraction of sp³-hybridized carbons (Fsp3) is 0.348. The predicted molar refractivity (Wildman–Crippen MR) is 116 cm³/mol. The van der Waals surface area contributed by atoms with Gasteiger partial charge in [-0.25, -0.2) is 0 Å². The maximum atomic E-state index is 12.7. The van der Waals surface area contributed by atoms with Crippen LogP contribution in [0.3, 0.4) is 0 Å². The molecule has 7 nitrogen and oxygen atoms in total. The van der Waals surface area contributed by atoms with Crippen LogP contribution >= 0.6 is 11.8 Å². The zero-order valence-electron chi connectivity index (χ0n) is 17.5. The average Bonchev–Trinajstić information content (AvgIpc) is 3.06. The lowest BCUT2D eigenvalue weighted by Crippen LogP contribution is -2.33. The highest BCUT2D eigenvalue weighted by Gasteiger charge is 2.33. The molecule has 2 aromatic carbocycles. The van der Waals surface area contributed by atoms with Gasteiger partial charge in [-0.1, -0.05) is 23.9 Å². The van der Waals surface area contributed by atoms with Gasteiger partial charge in [-0.3, -0.25) is 19.7 Å². The van der Waals surface area contributed by atoms with E-state index in [1.54, 1.807) is 26.0 Å². The summed E-state index contributed by atoms with van der Waals surface area (Å²) in [4.78, 5) is 35.7. The summed E-state index contributed by atoms with van der Waals surface area (Å²) < 4.78 is 11.9. The fourth-order valence-corrected chi connectivity index (χ4v) is 4.71. The minimum Gasteiger partial charge on any atom is -0.507 e. The third-order valence-electron chi connectivity index (χ3n) is 5.74. The Morgan fingerprint density at radius 3 is 2.45 bits per heavy atom. The van der Waals surface area contributed by atoms with E-state index < -0.39 is 11.4 Å². The van der Waals surface area contributed by atoms with Crippen molar-refractivity contribution >= 4 is 28.7 Å². The van der Waals surface area contributed by atoms with Crippen molar-refractivity contribution in [2.24, 2.45) is 0 Å². The third-order valence-corrected chi connectivity index (χ3v) is 6.72. The van der Waals surface area contributed by atoms with Crippen LogP contribution in [-0.4, -0.2) is 40.0 Å². The average molecular weight is 442 g/mol. The van der Waals surface area contributed by atoms with Crippen LogP contribution in [0.5, 0.6) is 17.2 Å². The second-order valence-corrected chi connectivity index (χ2v) is 9.01. The number of rotatable bonds is 5. The van der Waals surface area contributed by atoms with E-state index in [4.69, 9.17) is 9.47 Å². The van der Waals surface area contributed by atoms with Gasteiger partial charge in [0.05, 0.1) is 17.2 Å². The Hall–Kier alpha value is -3.00. The molecule has 2 N–H and O–H groups in total. The molecule has 2 heterocycles. The summed E-state index contributed by atoms with van der Waals surface area (Å²) in [5, 5.41) is 11.8. The number of benzene rings is 2. The van der Waals surface area contributed by atoms with Crippen molar-refractivity contribution in [2.75, 3.05) is 6.61 Å². The first-order chi connectivity index (χ1) is 14.7. The van der Waals surface area contributed by atoms with Crippen LogP contribution in [0.25, 0.3) is 0 Å². The number of thioether (sulfide) groups is 1. The molecule has 162 valence electrons. The molecule has 2 aromatic rings. The second kappa shape index (κ2) is 8.26. The van der Waals surface area contributed by atoms with Gasteiger partial charge in [0.2, 0.25) is 5.91 Å². The van der Waals surface area contributed by atoms with Crippen molar-refractivity contribution in [1.29, 1.82) is 0 Å². The molecule has 2 atom stereocenters. The SMILES string of the molecule is Cc1c(C)c2c(c(C)c1O)C(=O)CC(COc1ccc(CC3SC(=O)NC3=O)cc1)O2. The van der Waals surface area contributed by atoms with Crippen molar-refractivity contribution in [3.8, 4) is 17.2 Å². The first-order valence-corrected chi connectivity index (χ1v) is 10.9. The summed E-state index contributed by atoms with van der Waals surface area (Å²) in [6, 6.07) is 7.30. The van der Waals surface area contributed by atoms with Crippen LogP contribution in [0.4, 0.5) is 4.79 Å². The molecular formula is C23H23NO6S. The highest BCUT2D eigenvalue weighted by molar-refractivity contribution is 8.15. The monoisotopic (exact) mass is 441 g/mol. The summed E-state index contributed by atoms with van der Waals surface area (Å²) in [6.07, 6.45) is 0.214. The molecule has 0 aliphatic carbocycles. The summed E-state index contributed by atoms with van der Waals surface area (Å²) in [5.74, 6) is 0.961. The second-order valence-electron chi connectivity index (χ2n) is 7.84. The normalized spacial score (nSPS) is 20.3. The molecule has 0 radical (unpaired) electrons. The maximum Gasteiger partial charge on any atom is 0.286 e. The number of phenols is 1. The van der Waals surface area contributed by atoms with Crippen molar-refractivity contribution in [3.63, 3.8) is 0 Å². The van der Waals surface area contributed by atoms with Gasteiger partial charge in [0.15, 0.2) is 5.78 Å². The third kappa shape index (κ3) is 4.12. The number of carbonyl (C=O) groups is 3. The highest BCUT2D eigenvalue weighted by atomic mass is 32.2. The Balaban J connectivity index is 1.40. The Labute approximate surface area is 184 Å². The van der Waals surface area contributed by atoms with Crippen molar-refractivity contribution < 1.29 is 29.0 Å². The van der Waals surface area contributed by atoms with Crippen molar-refractivity contribution in [3.05, 3.63) is 52.1 Å². The van der Waals surface area contributed by atoms with Crippen LogP contribution in [0.1, 0.15) is 39.0 Å². The number of hydrogen-bond acceptors (Lipinski definition) is 7. The lowest BCUT2D eigenvalue weighted by molar-refractivity contribution is -0.118. The van der Waals surface area contributed by atoms with E-state index in [0.717, 1.165) is 22.9 Å². The van der Waals surface area contributed by atoms with Crippen molar-refractivity contribution in [2.45, 2.75) is 45.0 Å². The van der Waals surface area contributed by atoms with Crippen LogP contribution in [0.15, 0.2) is 24.3 Å². The van der Waals surface area contributed by atoms with Gasteiger partial charge in [-0.05, 0) is 56.0 Å². The van der Waals surface area contributed by atoms with E-state index in [1.165, 1.54) is 0 Å². The molecule has 0 saturated carbocycles. The molecule has 2 aliphatic heterocycles. The highest BCUT2D eigenvalue weighted by Crippen LogP contribution is 2.40. The van der Waals surface area contributed by atoms with Gasteiger partial charge in [0, 0.05) is 5.56 Å². The molecule has 0 aromatic heterocycles. The fourth-order valence-electron chi connectivity index (χ4n) is 3.85. The number of fused-ring (bicyclic) bond motifs is 1. The quantitative estimate of drug-likeness (QED) is 0.731. The first-order valence-electron chi connectivity index (χ1n) is 10.0. The standard InChI is InChI=1S/C23H23NO6S/c1-11-12(2)21-19(13(3)20(11)26)17(25)9-16(30-21)10-29-15-6-4-14(5-7-15)8-18-22(27)24-23(28)31-18/h4-7,16,18,26H,8-10H2,1-3H3,(H,24,27,28). The number of ether oxygens (including phenoxy) is 2. The molecule has 1 saturated heterocycles. The Bertz CT molecular complexity index is 1080. The Morgan fingerprint density at radius 2 is 1.81 bits per heavy atom. The lowest BCUT2D eigenvalue weighted by atomic mass is 9.91. The van der Waals surface area contributed by atoms with E-state index in [-0.39, 0.29) is 35.7 Å². The minimum atomic E-state index is -0.425. The number of carbonyl (C=O) groups excluding carboxylic acids is 3. The summed E-state index contributed by atoms with van der Waals surface area (Å²) >= 11 is 1.01. The largest absolute Gasteiger partial charge is 0.507 e. The molecule has 2 unspecified atom stereocenters. The first kappa shape index (κ1) is 21.2. The number of ketones is 1. The van der Waals surface area contributed by atoms with Crippen LogP contribution in [0, 0.1) is 20.8 Å². The topological polar surface area (TPSA) is 102 Å². The van der Waals surface area contributed by atoms with Gasteiger partial charge in [-0.2, -0.15) is 0 Å². The lowest BCUT2D eigenvalue weighted by Gasteiger charge is -2.29. The van der Waals surface area contributed by atoms with Gasteiger partial charge < -0.3 is 14.6 Å². The maximum absolute atomic E-state index is 12.7. The number of aromatic hydroxyl groups is 1. The molecule has 0 bridgehead atoms. The number of phenolic OH excluding ortho intramolecular Hbond substituents is 1. The Kier molecular flexibility index (Phi) is 5.66. The van der Waals surface area contributed by atoms with Gasteiger partial charge in [-0.15, -0.1) is 0 Å². The summed E-state index contributed by atoms with van der Waals surface area (Å²) in [5.41, 5.74) is 3.39. The predicted octanol–water partition coefficient (Wildman–Crippen LogP) is 3.62. The molecular weight excluding hydrogens is 418 g/mol. The van der Waals surface area contributed by atoms with E-state index in [9.17, 15) is 19.5 Å². The number of nitrogens with one attached hydrogen (secondary N) is 1. The van der Waals surface area contributed by atoms with Gasteiger partial charge in [0.1, 0.15) is 30.0 Å². The number of Topliss-reactive ketones (excluding diaryl/α,β-unsaturated/α-hetero) is 1. The number of imide groups is 1. The van der Waals surface area contributed by atoms with Gasteiger partial charge >= 0.3 is 0 Å². The van der Waals surface area contributed by atoms with E-state index in [1.807, 2.05) is 19.1 Å². The van der Waals surface area contributed by atoms with Gasteiger partial charge in [0.25, 0.3) is 5.24 Å². The molecule has 0 spiro atoms. The molecule has 2 amide bonds. The zero-order chi connectivity index (χ0) is 22.3. The number of hydrogen-bond donors (Lipinski definition) is 2. The van der Waals surface area contributed by atoms with Crippen molar-refractivity contribution in [1.82, 2.24) is 5.32 Å². The summed E-state index contributed by atoms with van der Waals surface area (Å²) in [7, 11) is 0. The molecule has 8 heteroatoms. The minimum absolute atomic E-state index is 0.0667. The summed E-state index contributed by atoms with van der Waals surface area (Å²) in [6.45, 7) is 5.57. The van der Waals surface area contributed by atoms with Crippen LogP contribution in [0.2, 0.25) is 0 Å². The molecule has 2 aliphatic rings. The van der Waals surface area contributed by atoms with Crippen LogP contribution < -0.4 is 14.8 Å². The van der Waals surface area contributed by atoms with E-state index in [0.29, 0.717) is 34.6 Å². The number of amides is 2.